The number of amides is 1. The number of carboxylic acids is 1. The number of hydrogen-bond acceptors (Lipinski definition) is 4. The molecule has 0 radical (unpaired) electrons. The minimum absolute atomic E-state index is 0.0113. The first-order valence-electron chi connectivity index (χ1n) is 6.21. The van der Waals surface area contributed by atoms with Gasteiger partial charge in [-0.3, -0.25) is 19.7 Å². The number of nitro groups is 1. The maximum absolute atomic E-state index is 11.6. The van der Waals surface area contributed by atoms with Gasteiger partial charge in [0.1, 0.15) is 0 Å². The quantitative estimate of drug-likeness (QED) is 0.426. The number of carboxylic acid groups (broad SMARTS) is 1. The summed E-state index contributed by atoms with van der Waals surface area (Å²) in [5, 5.41) is 21.6. The molecule has 7 heteroatoms. The fourth-order valence-corrected chi connectivity index (χ4v) is 1.61. The minimum Gasteiger partial charge on any atom is -0.481 e. The van der Waals surface area contributed by atoms with E-state index in [1.165, 1.54) is 12.1 Å². The SMILES string of the molecule is O=C(O)CCCCNC(=O)Cc1ccc([N+](=O)[O-])cc1. The summed E-state index contributed by atoms with van der Waals surface area (Å²) in [4.78, 5) is 31.8. The van der Waals surface area contributed by atoms with E-state index < -0.39 is 10.9 Å². The Labute approximate surface area is 115 Å². The molecule has 2 N–H and O–H groups in total. The minimum atomic E-state index is -0.845. The van der Waals surface area contributed by atoms with Gasteiger partial charge in [0.05, 0.1) is 11.3 Å². The maximum atomic E-state index is 11.6. The second-order valence-electron chi connectivity index (χ2n) is 4.30. The van der Waals surface area contributed by atoms with Crippen molar-refractivity contribution in [1.82, 2.24) is 5.32 Å². The highest BCUT2D eigenvalue weighted by Crippen LogP contribution is 2.12. The van der Waals surface area contributed by atoms with Gasteiger partial charge in [-0.15, -0.1) is 0 Å². The third-order valence-corrected chi connectivity index (χ3v) is 2.65. The van der Waals surface area contributed by atoms with Crippen molar-refractivity contribution in [3.8, 4) is 0 Å². The number of benzene rings is 1. The van der Waals surface area contributed by atoms with Crippen LogP contribution in [0.2, 0.25) is 0 Å². The number of nitrogens with zero attached hydrogens (tertiary/aromatic N) is 1. The van der Waals surface area contributed by atoms with Crippen LogP contribution in [0.1, 0.15) is 24.8 Å². The van der Waals surface area contributed by atoms with Crippen LogP contribution in [-0.2, 0) is 16.0 Å². The van der Waals surface area contributed by atoms with Gasteiger partial charge in [-0.05, 0) is 18.4 Å². The molecule has 1 amide bonds. The molecule has 1 rings (SSSR count). The van der Waals surface area contributed by atoms with E-state index in [-0.39, 0.29) is 24.4 Å². The van der Waals surface area contributed by atoms with Gasteiger partial charge < -0.3 is 10.4 Å². The summed E-state index contributed by atoms with van der Waals surface area (Å²) in [6.45, 7) is 0.430. The van der Waals surface area contributed by atoms with Crippen LogP contribution in [-0.4, -0.2) is 28.5 Å². The van der Waals surface area contributed by atoms with Gasteiger partial charge in [0.15, 0.2) is 0 Å². The largest absolute Gasteiger partial charge is 0.481 e. The average Bonchev–Trinajstić information content (AvgIpc) is 2.38. The number of carbonyl (C=O) groups is 2. The second-order valence-corrected chi connectivity index (χ2v) is 4.30. The number of hydrogen-bond donors (Lipinski definition) is 2. The van der Waals surface area contributed by atoms with Crippen molar-refractivity contribution in [2.75, 3.05) is 6.54 Å². The number of nitrogens with one attached hydrogen (secondary N) is 1. The highest BCUT2D eigenvalue weighted by molar-refractivity contribution is 5.78. The molecular formula is C13H16N2O5. The Kier molecular flexibility index (Phi) is 6.15. The molecule has 0 aliphatic heterocycles. The molecule has 7 nitrogen and oxygen atoms in total. The number of non-ortho nitro benzene ring substituents is 1. The monoisotopic (exact) mass is 280 g/mol. The van der Waals surface area contributed by atoms with E-state index in [0.717, 1.165) is 0 Å². The molecule has 1 aromatic rings. The number of nitro benzene ring substituents is 1. The molecule has 0 unspecified atom stereocenters. The van der Waals surface area contributed by atoms with Crippen molar-refractivity contribution < 1.29 is 19.6 Å². The predicted molar refractivity (Wildman–Crippen MR) is 71.3 cm³/mol. The molecule has 108 valence electrons. The topological polar surface area (TPSA) is 110 Å². The van der Waals surface area contributed by atoms with Crippen LogP contribution in [0, 0.1) is 10.1 Å². The van der Waals surface area contributed by atoms with Crippen LogP contribution >= 0.6 is 0 Å². The smallest absolute Gasteiger partial charge is 0.303 e. The molecule has 0 saturated heterocycles. The van der Waals surface area contributed by atoms with E-state index in [1.54, 1.807) is 12.1 Å². The van der Waals surface area contributed by atoms with Crippen LogP contribution < -0.4 is 5.32 Å². The van der Waals surface area contributed by atoms with Crippen LogP contribution in [0.4, 0.5) is 5.69 Å². The van der Waals surface area contributed by atoms with Crippen LogP contribution in [0.3, 0.4) is 0 Å². The molecule has 0 aromatic heterocycles. The molecule has 0 spiro atoms. The summed E-state index contributed by atoms with van der Waals surface area (Å²) in [7, 11) is 0. The summed E-state index contributed by atoms with van der Waals surface area (Å²) in [5.74, 6) is -1.03. The van der Waals surface area contributed by atoms with Crippen molar-refractivity contribution >= 4 is 17.6 Å². The first-order valence-corrected chi connectivity index (χ1v) is 6.21. The van der Waals surface area contributed by atoms with E-state index in [0.29, 0.717) is 24.9 Å². The van der Waals surface area contributed by atoms with Gasteiger partial charge in [-0.2, -0.15) is 0 Å². The molecule has 20 heavy (non-hydrogen) atoms. The zero-order valence-electron chi connectivity index (χ0n) is 10.9. The Balaban J connectivity index is 2.28. The first kappa shape index (κ1) is 15.6. The molecule has 0 heterocycles. The first-order chi connectivity index (χ1) is 9.49. The molecule has 0 fully saturated rings. The maximum Gasteiger partial charge on any atom is 0.303 e. The lowest BCUT2D eigenvalue weighted by Gasteiger charge is -2.04. The fourth-order valence-electron chi connectivity index (χ4n) is 1.61. The average molecular weight is 280 g/mol. The lowest BCUT2D eigenvalue weighted by atomic mass is 10.1. The second kappa shape index (κ2) is 7.88. The summed E-state index contributed by atoms with van der Waals surface area (Å²) >= 11 is 0. The molecule has 0 bridgehead atoms. The van der Waals surface area contributed by atoms with Crippen LogP contribution in [0.15, 0.2) is 24.3 Å². The molecule has 0 atom stereocenters. The van der Waals surface area contributed by atoms with Crippen LogP contribution in [0.25, 0.3) is 0 Å². The summed E-state index contributed by atoms with van der Waals surface area (Å²) in [6.07, 6.45) is 1.38. The molecule has 0 aliphatic carbocycles. The zero-order chi connectivity index (χ0) is 15.0. The lowest BCUT2D eigenvalue weighted by Crippen LogP contribution is -2.26. The van der Waals surface area contributed by atoms with Gasteiger partial charge in [0.2, 0.25) is 5.91 Å². The summed E-state index contributed by atoms with van der Waals surface area (Å²) in [5.41, 5.74) is 0.682. The Morgan fingerprint density at radius 1 is 1.20 bits per heavy atom. The number of aliphatic carboxylic acids is 1. The Hall–Kier alpha value is -2.44. The van der Waals surface area contributed by atoms with E-state index in [4.69, 9.17) is 5.11 Å². The van der Waals surface area contributed by atoms with Crippen molar-refractivity contribution in [3.63, 3.8) is 0 Å². The zero-order valence-corrected chi connectivity index (χ0v) is 10.9. The Morgan fingerprint density at radius 3 is 2.40 bits per heavy atom. The van der Waals surface area contributed by atoms with E-state index in [1.807, 2.05) is 0 Å². The Bertz CT molecular complexity index is 484. The van der Waals surface area contributed by atoms with Gasteiger partial charge in [-0.25, -0.2) is 0 Å². The van der Waals surface area contributed by atoms with Crippen molar-refractivity contribution in [2.45, 2.75) is 25.7 Å². The van der Waals surface area contributed by atoms with Crippen LogP contribution in [0.5, 0.6) is 0 Å². The fraction of sp³-hybridized carbons (Fsp3) is 0.385. The molecule has 1 aromatic carbocycles. The number of carbonyl (C=O) groups excluding carboxylic acids is 1. The summed E-state index contributed by atoms with van der Waals surface area (Å²) < 4.78 is 0. The standard InChI is InChI=1S/C13H16N2O5/c16-12(14-8-2-1-3-13(17)18)9-10-4-6-11(7-5-10)15(19)20/h4-7H,1-3,8-9H2,(H,14,16)(H,17,18). The molecule has 0 aliphatic rings. The normalized spacial score (nSPS) is 10.0. The molecule has 0 saturated carbocycles. The number of rotatable bonds is 8. The highest BCUT2D eigenvalue weighted by Gasteiger charge is 2.07. The van der Waals surface area contributed by atoms with Gasteiger partial charge in [0.25, 0.3) is 5.69 Å². The highest BCUT2D eigenvalue weighted by atomic mass is 16.6. The van der Waals surface area contributed by atoms with Crippen molar-refractivity contribution in [2.24, 2.45) is 0 Å². The van der Waals surface area contributed by atoms with E-state index in [9.17, 15) is 19.7 Å². The third kappa shape index (κ3) is 5.94. The van der Waals surface area contributed by atoms with Crippen molar-refractivity contribution in [1.29, 1.82) is 0 Å². The predicted octanol–water partition coefficient (Wildman–Crippen LogP) is 1.51. The van der Waals surface area contributed by atoms with Gasteiger partial charge >= 0.3 is 5.97 Å². The van der Waals surface area contributed by atoms with Crippen molar-refractivity contribution in [3.05, 3.63) is 39.9 Å². The number of unbranched alkanes of at least 4 members (excludes halogenated alkanes) is 1. The van der Waals surface area contributed by atoms with Gasteiger partial charge in [0, 0.05) is 25.1 Å². The van der Waals surface area contributed by atoms with Gasteiger partial charge in [-0.1, -0.05) is 12.1 Å². The van der Waals surface area contributed by atoms with E-state index >= 15 is 0 Å². The lowest BCUT2D eigenvalue weighted by molar-refractivity contribution is -0.384. The Morgan fingerprint density at radius 2 is 1.85 bits per heavy atom. The molecular weight excluding hydrogens is 264 g/mol. The third-order valence-electron chi connectivity index (χ3n) is 2.65. The summed E-state index contributed by atoms with van der Waals surface area (Å²) in [6, 6.07) is 5.80. The van der Waals surface area contributed by atoms with E-state index in [2.05, 4.69) is 5.32 Å².